The van der Waals surface area contributed by atoms with Crippen LogP contribution in [0.1, 0.15) is 12.1 Å². The van der Waals surface area contributed by atoms with Crippen LogP contribution in [0, 0.1) is 0 Å². The Bertz CT molecular complexity index is 671. The van der Waals surface area contributed by atoms with Gasteiger partial charge in [-0.05, 0) is 42.7 Å². The summed E-state index contributed by atoms with van der Waals surface area (Å²) in [6.07, 6.45) is -1.02. The van der Waals surface area contributed by atoms with Gasteiger partial charge in [-0.15, -0.1) is 0 Å². The molecule has 7 heteroatoms. The summed E-state index contributed by atoms with van der Waals surface area (Å²) in [6.45, 7) is 0. The Morgan fingerprint density at radius 2 is 1.74 bits per heavy atom. The van der Waals surface area contributed by atoms with E-state index in [2.05, 4.69) is 4.98 Å². The van der Waals surface area contributed by atoms with E-state index in [1.165, 1.54) is 0 Å². The van der Waals surface area contributed by atoms with E-state index >= 15 is 0 Å². The third kappa shape index (κ3) is 4.91. The van der Waals surface area contributed by atoms with E-state index in [0.717, 1.165) is 11.1 Å². The van der Waals surface area contributed by atoms with E-state index in [0.29, 0.717) is 22.2 Å². The van der Waals surface area contributed by atoms with Crippen LogP contribution in [0.25, 0.3) is 11.1 Å². The van der Waals surface area contributed by atoms with Crippen molar-refractivity contribution < 1.29 is 20.1 Å². The maximum absolute atomic E-state index is 10.6. The Kier molecular flexibility index (Phi) is 5.96. The lowest BCUT2D eigenvalue weighted by Crippen LogP contribution is -2.34. The van der Waals surface area contributed by atoms with Crippen LogP contribution in [0.5, 0.6) is 0 Å². The standard InChI is InChI=1S/C16H15Cl2NO4/c17-11-5-10(6-12(18)7-11)9-1-2-13(19-8-9)3-4-14(20)15(21)16(22)23/h1-2,5-8,14-15,20-21H,3-4H2,(H,22,23). The second-order valence-corrected chi connectivity index (χ2v) is 5.96. The number of aliphatic carboxylic acids is 1. The van der Waals surface area contributed by atoms with Gasteiger partial charge in [-0.25, -0.2) is 4.79 Å². The average molecular weight is 356 g/mol. The molecule has 0 saturated carbocycles. The minimum Gasteiger partial charge on any atom is -0.479 e. The molecule has 0 bridgehead atoms. The highest BCUT2D eigenvalue weighted by atomic mass is 35.5. The van der Waals surface area contributed by atoms with Crippen molar-refractivity contribution in [1.82, 2.24) is 4.98 Å². The fraction of sp³-hybridized carbons (Fsp3) is 0.250. The summed E-state index contributed by atoms with van der Waals surface area (Å²) in [4.78, 5) is 14.8. The number of carboxylic acids is 1. The molecule has 122 valence electrons. The number of aromatic nitrogens is 1. The first-order valence-corrected chi connectivity index (χ1v) is 7.63. The quantitative estimate of drug-likeness (QED) is 0.741. The molecule has 2 unspecified atom stereocenters. The second kappa shape index (κ2) is 7.75. The normalized spacial score (nSPS) is 13.6. The fourth-order valence-electron chi connectivity index (χ4n) is 2.08. The molecule has 1 aromatic carbocycles. The van der Waals surface area contributed by atoms with Crippen LogP contribution in [0.15, 0.2) is 36.5 Å². The van der Waals surface area contributed by atoms with Crippen LogP contribution >= 0.6 is 23.2 Å². The van der Waals surface area contributed by atoms with Crippen molar-refractivity contribution in [1.29, 1.82) is 0 Å². The van der Waals surface area contributed by atoms with Crippen molar-refractivity contribution in [2.24, 2.45) is 0 Å². The zero-order valence-corrected chi connectivity index (χ0v) is 13.5. The lowest BCUT2D eigenvalue weighted by Gasteiger charge is -2.13. The van der Waals surface area contributed by atoms with E-state index < -0.39 is 18.2 Å². The second-order valence-electron chi connectivity index (χ2n) is 5.09. The molecule has 5 nitrogen and oxygen atoms in total. The predicted octanol–water partition coefficient (Wildman–Crippen LogP) is 2.79. The molecule has 0 spiro atoms. The number of halogens is 2. The molecule has 0 fully saturated rings. The number of carbonyl (C=O) groups is 1. The number of aryl methyl sites for hydroxylation is 1. The van der Waals surface area contributed by atoms with Gasteiger partial charge in [0.15, 0.2) is 6.10 Å². The largest absolute Gasteiger partial charge is 0.479 e. The molecule has 2 rings (SSSR count). The molecule has 0 aliphatic heterocycles. The number of carboxylic acid groups (broad SMARTS) is 1. The maximum atomic E-state index is 10.6. The SMILES string of the molecule is O=C(O)C(O)C(O)CCc1ccc(-c2cc(Cl)cc(Cl)c2)cn1. The maximum Gasteiger partial charge on any atom is 0.335 e. The number of benzene rings is 1. The number of hydrogen-bond donors (Lipinski definition) is 3. The smallest absolute Gasteiger partial charge is 0.335 e. The van der Waals surface area contributed by atoms with Gasteiger partial charge in [0.25, 0.3) is 0 Å². The third-order valence-electron chi connectivity index (χ3n) is 3.33. The number of rotatable bonds is 6. The van der Waals surface area contributed by atoms with Gasteiger partial charge in [0.2, 0.25) is 0 Å². The zero-order chi connectivity index (χ0) is 17.0. The number of pyridine rings is 1. The van der Waals surface area contributed by atoms with Gasteiger partial charge < -0.3 is 15.3 Å². The predicted molar refractivity (Wildman–Crippen MR) is 87.7 cm³/mol. The molecular weight excluding hydrogens is 341 g/mol. The monoisotopic (exact) mass is 355 g/mol. The van der Waals surface area contributed by atoms with Gasteiger partial charge in [0.1, 0.15) is 0 Å². The molecule has 2 atom stereocenters. The Balaban J connectivity index is 2.03. The summed E-state index contributed by atoms with van der Waals surface area (Å²) in [6, 6.07) is 8.80. The van der Waals surface area contributed by atoms with E-state index in [1.807, 2.05) is 6.07 Å². The number of hydrogen-bond acceptors (Lipinski definition) is 4. The van der Waals surface area contributed by atoms with E-state index in [4.69, 9.17) is 28.3 Å². The lowest BCUT2D eigenvalue weighted by molar-refractivity contribution is -0.152. The molecule has 1 aromatic heterocycles. The first-order chi connectivity index (χ1) is 10.9. The van der Waals surface area contributed by atoms with Gasteiger partial charge >= 0.3 is 5.97 Å². The summed E-state index contributed by atoms with van der Waals surface area (Å²) in [7, 11) is 0. The van der Waals surface area contributed by atoms with Gasteiger partial charge in [-0.2, -0.15) is 0 Å². The summed E-state index contributed by atoms with van der Waals surface area (Å²) < 4.78 is 0. The number of aliphatic hydroxyl groups excluding tert-OH is 2. The van der Waals surface area contributed by atoms with E-state index in [9.17, 15) is 15.0 Å². The van der Waals surface area contributed by atoms with Crippen molar-refractivity contribution in [2.45, 2.75) is 25.0 Å². The van der Waals surface area contributed by atoms with Crippen LogP contribution in [-0.2, 0) is 11.2 Å². The lowest BCUT2D eigenvalue weighted by atomic mass is 10.0. The minimum absolute atomic E-state index is 0.100. The zero-order valence-electron chi connectivity index (χ0n) is 12.0. The van der Waals surface area contributed by atoms with E-state index in [-0.39, 0.29) is 6.42 Å². The Morgan fingerprint density at radius 1 is 1.09 bits per heavy atom. The summed E-state index contributed by atoms with van der Waals surface area (Å²) in [5, 5.41) is 28.4. The molecular formula is C16H15Cl2NO4. The highest BCUT2D eigenvalue weighted by molar-refractivity contribution is 6.35. The van der Waals surface area contributed by atoms with Gasteiger partial charge in [-0.3, -0.25) is 4.98 Å². The molecule has 2 aromatic rings. The molecule has 0 radical (unpaired) electrons. The number of nitrogens with zero attached hydrogens (tertiary/aromatic N) is 1. The highest BCUT2D eigenvalue weighted by Gasteiger charge is 2.23. The molecule has 0 saturated heterocycles. The van der Waals surface area contributed by atoms with E-state index in [1.54, 1.807) is 30.5 Å². The van der Waals surface area contributed by atoms with Crippen molar-refractivity contribution in [3.05, 3.63) is 52.3 Å². The Morgan fingerprint density at radius 3 is 2.26 bits per heavy atom. The molecule has 23 heavy (non-hydrogen) atoms. The fourth-order valence-corrected chi connectivity index (χ4v) is 2.61. The minimum atomic E-state index is -1.79. The van der Waals surface area contributed by atoms with Gasteiger partial charge in [0, 0.05) is 27.5 Å². The molecule has 3 N–H and O–H groups in total. The summed E-state index contributed by atoms with van der Waals surface area (Å²) in [5.41, 5.74) is 2.35. The first-order valence-electron chi connectivity index (χ1n) is 6.87. The van der Waals surface area contributed by atoms with Crippen LogP contribution < -0.4 is 0 Å². The third-order valence-corrected chi connectivity index (χ3v) is 3.77. The van der Waals surface area contributed by atoms with Crippen LogP contribution in [-0.4, -0.2) is 38.5 Å². The van der Waals surface area contributed by atoms with Crippen molar-refractivity contribution in [2.75, 3.05) is 0 Å². The molecule has 0 aliphatic carbocycles. The van der Waals surface area contributed by atoms with Gasteiger partial charge in [0.05, 0.1) is 6.10 Å². The van der Waals surface area contributed by atoms with Crippen molar-refractivity contribution >= 4 is 29.2 Å². The number of aliphatic hydroxyl groups is 2. The summed E-state index contributed by atoms with van der Waals surface area (Å²) >= 11 is 11.9. The van der Waals surface area contributed by atoms with Crippen LogP contribution in [0.2, 0.25) is 10.0 Å². The molecule has 0 aliphatic rings. The average Bonchev–Trinajstić information content (AvgIpc) is 2.51. The molecule has 0 amide bonds. The Labute approximate surface area is 143 Å². The molecule has 1 heterocycles. The first kappa shape index (κ1) is 17.7. The Hall–Kier alpha value is -1.66. The van der Waals surface area contributed by atoms with Crippen molar-refractivity contribution in [3.63, 3.8) is 0 Å². The van der Waals surface area contributed by atoms with Crippen LogP contribution in [0.4, 0.5) is 0 Å². The highest BCUT2D eigenvalue weighted by Crippen LogP contribution is 2.26. The van der Waals surface area contributed by atoms with Crippen LogP contribution in [0.3, 0.4) is 0 Å². The van der Waals surface area contributed by atoms with Gasteiger partial charge in [-0.1, -0.05) is 29.3 Å². The topological polar surface area (TPSA) is 90.7 Å². The van der Waals surface area contributed by atoms with Crippen molar-refractivity contribution in [3.8, 4) is 11.1 Å². The summed E-state index contributed by atoms with van der Waals surface area (Å²) in [5.74, 6) is -1.45.